The van der Waals surface area contributed by atoms with E-state index in [0.717, 1.165) is 16.5 Å². The van der Waals surface area contributed by atoms with Gasteiger partial charge in [0.25, 0.3) is 5.91 Å². The number of aromatic nitrogens is 2. The summed E-state index contributed by atoms with van der Waals surface area (Å²) in [6, 6.07) is 1.78. The second-order valence-electron chi connectivity index (χ2n) is 6.05. The summed E-state index contributed by atoms with van der Waals surface area (Å²) in [6.45, 7) is 6.63. The van der Waals surface area contributed by atoms with Crippen LogP contribution in [0.5, 0.6) is 0 Å². The lowest BCUT2D eigenvalue weighted by molar-refractivity contribution is 0.0897. The minimum absolute atomic E-state index is 0.125. The predicted molar refractivity (Wildman–Crippen MR) is 87.3 cm³/mol. The number of pyridine rings is 1. The lowest BCUT2D eigenvalue weighted by Crippen LogP contribution is -2.52. The van der Waals surface area contributed by atoms with Crippen molar-refractivity contribution in [3.63, 3.8) is 0 Å². The van der Waals surface area contributed by atoms with Gasteiger partial charge in [0.15, 0.2) is 5.65 Å². The zero-order chi connectivity index (χ0) is 15.6. The Balaban J connectivity index is 2.25. The lowest BCUT2D eigenvalue weighted by atomic mass is 9.90. The Morgan fingerprint density at radius 2 is 2.29 bits per heavy atom. The molecule has 0 saturated carbocycles. The molecule has 0 bridgehead atoms. The van der Waals surface area contributed by atoms with Crippen molar-refractivity contribution >= 4 is 27.5 Å². The van der Waals surface area contributed by atoms with Crippen LogP contribution in [0.4, 0.5) is 0 Å². The van der Waals surface area contributed by atoms with Crippen LogP contribution in [0.25, 0.3) is 5.65 Å². The number of nitrogens with zero attached hydrogens (tertiary/aromatic N) is 2. The summed E-state index contributed by atoms with van der Waals surface area (Å²) in [5.74, 6) is 0.335. The number of rotatable bonds is 5. The van der Waals surface area contributed by atoms with E-state index >= 15 is 0 Å². The first-order chi connectivity index (χ1) is 9.84. The molecular formula is C15H21BrN4O. The molecule has 0 spiro atoms. The van der Waals surface area contributed by atoms with Crippen LogP contribution >= 0.6 is 15.9 Å². The lowest BCUT2D eigenvalue weighted by Gasteiger charge is -2.31. The van der Waals surface area contributed by atoms with Crippen molar-refractivity contribution in [2.24, 2.45) is 11.7 Å². The number of hydrogen-bond donors (Lipinski definition) is 2. The molecule has 0 saturated heterocycles. The summed E-state index contributed by atoms with van der Waals surface area (Å²) in [7, 11) is 0. The van der Waals surface area contributed by atoms with Crippen molar-refractivity contribution in [2.45, 2.75) is 32.7 Å². The van der Waals surface area contributed by atoms with Gasteiger partial charge in [-0.15, -0.1) is 0 Å². The smallest absolute Gasteiger partial charge is 0.253 e. The van der Waals surface area contributed by atoms with Gasteiger partial charge in [-0.25, -0.2) is 4.98 Å². The first kappa shape index (κ1) is 16.0. The van der Waals surface area contributed by atoms with E-state index in [-0.39, 0.29) is 5.91 Å². The molecule has 2 aromatic heterocycles. The molecule has 0 aliphatic heterocycles. The average molecular weight is 353 g/mol. The van der Waals surface area contributed by atoms with E-state index in [0.29, 0.717) is 18.0 Å². The Hall–Kier alpha value is -1.40. The molecule has 5 nitrogen and oxygen atoms in total. The number of amides is 1. The van der Waals surface area contributed by atoms with E-state index in [1.54, 1.807) is 18.5 Å². The normalized spacial score (nSPS) is 14.4. The van der Waals surface area contributed by atoms with Gasteiger partial charge in [-0.3, -0.25) is 4.79 Å². The fourth-order valence-electron chi connectivity index (χ4n) is 2.55. The van der Waals surface area contributed by atoms with Gasteiger partial charge in [0.1, 0.15) is 0 Å². The molecule has 3 N–H and O–H groups in total. The summed E-state index contributed by atoms with van der Waals surface area (Å²) in [5, 5.41) is 3.06. The molecule has 0 aliphatic carbocycles. The standard InChI is InChI=1S/C15H21BrN4O/c1-10(2)7-15(3,9-17)19-14(21)11-6-12(16)13-18-4-5-20(13)8-11/h4-6,8,10H,7,9,17H2,1-3H3,(H,19,21). The van der Waals surface area contributed by atoms with Crippen molar-refractivity contribution < 1.29 is 4.79 Å². The maximum absolute atomic E-state index is 12.5. The Kier molecular flexibility index (Phi) is 4.68. The summed E-state index contributed by atoms with van der Waals surface area (Å²) in [6.07, 6.45) is 6.12. The van der Waals surface area contributed by atoms with Gasteiger partial charge in [0, 0.05) is 30.7 Å². The van der Waals surface area contributed by atoms with E-state index in [9.17, 15) is 4.79 Å². The molecule has 21 heavy (non-hydrogen) atoms. The van der Waals surface area contributed by atoms with E-state index in [4.69, 9.17) is 5.73 Å². The summed E-state index contributed by atoms with van der Waals surface area (Å²) < 4.78 is 2.61. The highest BCUT2D eigenvalue weighted by molar-refractivity contribution is 9.10. The van der Waals surface area contributed by atoms with E-state index < -0.39 is 5.54 Å². The van der Waals surface area contributed by atoms with Crippen LogP contribution < -0.4 is 11.1 Å². The maximum atomic E-state index is 12.5. The second-order valence-corrected chi connectivity index (χ2v) is 6.91. The Bertz CT molecular complexity index is 652. The number of hydrogen-bond acceptors (Lipinski definition) is 3. The maximum Gasteiger partial charge on any atom is 0.253 e. The molecule has 0 radical (unpaired) electrons. The van der Waals surface area contributed by atoms with Crippen molar-refractivity contribution in [3.05, 3.63) is 34.7 Å². The zero-order valence-corrected chi connectivity index (χ0v) is 14.1. The molecule has 1 atom stereocenters. The summed E-state index contributed by atoms with van der Waals surface area (Å²) >= 11 is 3.44. The number of carbonyl (C=O) groups excluding carboxylic acids is 1. The third kappa shape index (κ3) is 3.63. The van der Waals surface area contributed by atoms with Crippen LogP contribution in [0.3, 0.4) is 0 Å². The van der Waals surface area contributed by atoms with Crippen LogP contribution in [0.2, 0.25) is 0 Å². The van der Waals surface area contributed by atoms with Crippen LogP contribution in [0.1, 0.15) is 37.6 Å². The molecule has 2 rings (SSSR count). The molecular weight excluding hydrogens is 332 g/mol. The minimum atomic E-state index is -0.401. The molecule has 0 fully saturated rings. The molecule has 114 valence electrons. The van der Waals surface area contributed by atoms with Gasteiger partial charge in [-0.2, -0.15) is 0 Å². The number of carbonyl (C=O) groups is 1. The van der Waals surface area contributed by atoms with Gasteiger partial charge < -0.3 is 15.5 Å². The van der Waals surface area contributed by atoms with Crippen molar-refractivity contribution in [3.8, 4) is 0 Å². The van der Waals surface area contributed by atoms with E-state index in [2.05, 4.69) is 40.1 Å². The quantitative estimate of drug-likeness (QED) is 0.868. The highest BCUT2D eigenvalue weighted by atomic mass is 79.9. The number of imidazole rings is 1. The molecule has 2 aromatic rings. The molecule has 0 aromatic carbocycles. The van der Waals surface area contributed by atoms with Gasteiger partial charge in [0.2, 0.25) is 0 Å². The fraction of sp³-hybridized carbons (Fsp3) is 0.467. The van der Waals surface area contributed by atoms with Gasteiger partial charge in [0.05, 0.1) is 10.0 Å². The average Bonchev–Trinajstić information content (AvgIpc) is 2.86. The number of halogens is 1. The minimum Gasteiger partial charge on any atom is -0.346 e. The summed E-state index contributed by atoms with van der Waals surface area (Å²) in [4.78, 5) is 16.7. The molecule has 0 aliphatic rings. The molecule has 1 amide bonds. The van der Waals surface area contributed by atoms with Crippen LogP contribution in [-0.4, -0.2) is 27.4 Å². The largest absolute Gasteiger partial charge is 0.346 e. The highest BCUT2D eigenvalue weighted by Crippen LogP contribution is 2.20. The van der Waals surface area contributed by atoms with Crippen LogP contribution in [0.15, 0.2) is 29.1 Å². The highest BCUT2D eigenvalue weighted by Gasteiger charge is 2.26. The predicted octanol–water partition coefficient (Wildman–Crippen LogP) is 2.59. The van der Waals surface area contributed by atoms with Crippen molar-refractivity contribution in [1.29, 1.82) is 0 Å². The second kappa shape index (κ2) is 6.15. The van der Waals surface area contributed by atoms with Crippen LogP contribution in [0, 0.1) is 5.92 Å². The summed E-state index contributed by atoms with van der Waals surface area (Å²) in [5.41, 5.74) is 6.81. The fourth-order valence-corrected chi connectivity index (χ4v) is 3.10. The van der Waals surface area contributed by atoms with Crippen molar-refractivity contribution in [2.75, 3.05) is 6.54 Å². The van der Waals surface area contributed by atoms with Gasteiger partial charge in [-0.05, 0) is 41.3 Å². The van der Waals surface area contributed by atoms with Crippen LogP contribution in [-0.2, 0) is 0 Å². The number of nitrogens with two attached hydrogens (primary N) is 1. The number of nitrogens with one attached hydrogen (secondary N) is 1. The third-order valence-electron chi connectivity index (χ3n) is 3.43. The third-order valence-corrected chi connectivity index (χ3v) is 4.01. The number of fused-ring (bicyclic) bond motifs is 1. The Labute approximate surface area is 133 Å². The zero-order valence-electron chi connectivity index (χ0n) is 12.6. The topological polar surface area (TPSA) is 72.4 Å². The van der Waals surface area contributed by atoms with E-state index in [1.165, 1.54) is 0 Å². The van der Waals surface area contributed by atoms with Gasteiger partial charge in [-0.1, -0.05) is 13.8 Å². The SMILES string of the molecule is CC(C)CC(C)(CN)NC(=O)c1cc(Br)c2nccn2c1. The molecule has 6 heteroatoms. The molecule has 2 heterocycles. The molecule has 1 unspecified atom stereocenters. The first-order valence-electron chi connectivity index (χ1n) is 6.99. The Morgan fingerprint density at radius 1 is 1.57 bits per heavy atom. The van der Waals surface area contributed by atoms with Crippen molar-refractivity contribution in [1.82, 2.24) is 14.7 Å². The van der Waals surface area contributed by atoms with Gasteiger partial charge >= 0.3 is 0 Å². The first-order valence-corrected chi connectivity index (χ1v) is 7.79. The van der Waals surface area contributed by atoms with E-state index in [1.807, 2.05) is 17.5 Å². The Morgan fingerprint density at radius 3 is 2.90 bits per heavy atom. The monoisotopic (exact) mass is 352 g/mol.